The summed E-state index contributed by atoms with van der Waals surface area (Å²) in [5, 5.41) is 3.21. The molecule has 0 heterocycles. The summed E-state index contributed by atoms with van der Waals surface area (Å²) in [6.45, 7) is 1.76. The zero-order chi connectivity index (χ0) is 10.7. The number of hydrogen-bond donors (Lipinski definition) is 1. The molecule has 2 rings (SSSR count). The van der Waals surface area contributed by atoms with E-state index < -0.39 is 0 Å². The molecule has 15 heavy (non-hydrogen) atoms. The molecule has 1 N–H and O–H groups in total. The molecular formula is C13H12FN. The Morgan fingerprint density at radius 2 is 1.67 bits per heavy atom. The van der Waals surface area contributed by atoms with Crippen LogP contribution in [0.15, 0.2) is 48.5 Å². The molecule has 2 heteroatoms. The minimum Gasteiger partial charge on any atom is -0.356 e. The topological polar surface area (TPSA) is 12.0 Å². The first-order chi connectivity index (χ1) is 7.25. The molecule has 2 aromatic rings. The molecule has 0 fully saturated rings. The standard InChI is InChI=1S/C13H12FN/c1-10-9-12(7-8-13(10)14)15-11-5-3-2-4-6-11/h2-9,15H,1H3. The van der Waals surface area contributed by atoms with Crippen molar-refractivity contribution < 1.29 is 4.39 Å². The van der Waals surface area contributed by atoms with E-state index in [1.165, 1.54) is 6.07 Å². The van der Waals surface area contributed by atoms with Crippen molar-refractivity contribution in [3.05, 3.63) is 59.9 Å². The summed E-state index contributed by atoms with van der Waals surface area (Å²) in [5.41, 5.74) is 2.56. The van der Waals surface area contributed by atoms with Crippen molar-refractivity contribution in [2.24, 2.45) is 0 Å². The molecule has 0 bridgehead atoms. The van der Waals surface area contributed by atoms with Crippen LogP contribution >= 0.6 is 0 Å². The van der Waals surface area contributed by atoms with Gasteiger partial charge in [0.1, 0.15) is 5.82 Å². The van der Waals surface area contributed by atoms with E-state index >= 15 is 0 Å². The van der Waals surface area contributed by atoms with Crippen LogP contribution in [0.2, 0.25) is 0 Å². The molecule has 2 aromatic carbocycles. The smallest absolute Gasteiger partial charge is 0.126 e. The molecule has 0 atom stereocenters. The van der Waals surface area contributed by atoms with Crippen LogP contribution in [0.4, 0.5) is 15.8 Å². The Bertz CT molecular complexity index is 451. The predicted octanol–water partition coefficient (Wildman–Crippen LogP) is 3.88. The summed E-state index contributed by atoms with van der Waals surface area (Å²) in [5.74, 6) is -0.173. The second kappa shape index (κ2) is 4.13. The van der Waals surface area contributed by atoms with Crippen molar-refractivity contribution in [1.82, 2.24) is 0 Å². The second-order valence-electron chi connectivity index (χ2n) is 3.45. The highest BCUT2D eigenvalue weighted by Crippen LogP contribution is 2.18. The lowest BCUT2D eigenvalue weighted by Gasteiger charge is -2.07. The maximum Gasteiger partial charge on any atom is 0.126 e. The number of halogens is 1. The summed E-state index contributed by atoms with van der Waals surface area (Å²) in [6, 6.07) is 14.8. The Balaban J connectivity index is 2.22. The maximum atomic E-state index is 13.0. The fourth-order valence-electron chi connectivity index (χ4n) is 1.41. The minimum atomic E-state index is -0.173. The first-order valence-electron chi connectivity index (χ1n) is 4.84. The number of nitrogens with one attached hydrogen (secondary N) is 1. The Hall–Kier alpha value is -1.83. The third-order valence-electron chi connectivity index (χ3n) is 2.22. The van der Waals surface area contributed by atoms with Crippen LogP contribution in [0.1, 0.15) is 5.56 Å². The van der Waals surface area contributed by atoms with Gasteiger partial charge in [-0.3, -0.25) is 0 Å². The highest BCUT2D eigenvalue weighted by atomic mass is 19.1. The fourth-order valence-corrected chi connectivity index (χ4v) is 1.41. The Labute approximate surface area is 88.6 Å². The lowest BCUT2D eigenvalue weighted by Crippen LogP contribution is -1.91. The van der Waals surface area contributed by atoms with Gasteiger partial charge in [0.15, 0.2) is 0 Å². The lowest BCUT2D eigenvalue weighted by molar-refractivity contribution is 0.619. The molecule has 0 spiro atoms. The number of anilines is 2. The second-order valence-corrected chi connectivity index (χ2v) is 3.45. The molecule has 0 aliphatic carbocycles. The molecule has 0 saturated heterocycles. The van der Waals surface area contributed by atoms with Crippen LogP contribution in [-0.4, -0.2) is 0 Å². The van der Waals surface area contributed by atoms with Gasteiger partial charge in [-0.15, -0.1) is 0 Å². The van der Waals surface area contributed by atoms with E-state index in [1.54, 1.807) is 19.1 Å². The van der Waals surface area contributed by atoms with Crippen molar-refractivity contribution in [2.45, 2.75) is 6.92 Å². The van der Waals surface area contributed by atoms with Gasteiger partial charge in [0.2, 0.25) is 0 Å². The maximum absolute atomic E-state index is 13.0. The van der Waals surface area contributed by atoms with Crippen LogP contribution in [0.25, 0.3) is 0 Å². The third kappa shape index (κ3) is 2.34. The summed E-state index contributed by atoms with van der Waals surface area (Å²) in [7, 11) is 0. The van der Waals surface area contributed by atoms with Crippen molar-refractivity contribution >= 4 is 11.4 Å². The lowest BCUT2D eigenvalue weighted by atomic mass is 10.2. The highest BCUT2D eigenvalue weighted by Gasteiger charge is 1.98. The van der Waals surface area contributed by atoms with Crippen molar-refractivity contribution in [1.29, 1.82) is 0 Å². The number of para-hydroxylation sites is 1. The van der Waals surface area contributed by atoms with Crippen LogP contribution in [0.5, 0.6) is 0 Å². The van der Waals surface area contributed by atoms with Gasteiger partial charge in [0.25, 0.3) is 0 Å². The van der Waals surface area contributed by atoms with E-state index in [9.17, 15) is 4.39 Å². The van der Waals surface area contributed by atoms with E-state index in [-0.39, 0.29) is 5.82 Å². The van der Waals surface area contributed by atoms with Gasteiger partial charge in [0, 0.05) is 11.4 Å². The molecule has 76 valence electrons. The van der Waals surface area contributed by atoms with Gasteiger partial charge in [0.05, 0.1) is 0 Å². The van der Waals surface area contributed by atoms with Gasteiger partial charge in [-0.1, -0.05) is 18.2 Å². The molecule has 1 nitrogen and oxygen atoms in total. The SMILES string of the molecule is Cc1cc(Nc2ccccc2)ccc1F. The number of rotatable bonds is 2. The molecule has 0 aromatic heterocycles. The van der Waals surface area contributed by atoms with Gasteiger partial charge in [-0.05, 0) is 42.8 Å². The van der Waals surface area contributed by atoms with E-state index in [2.05, 4.69) is 5.32 Å². The van der Waals surface area contributed by atoms with Crippen molar-refractivity contribution in [3.63, 3.8) is 0 Å². The third-order valence-corrected chi connectivity index (χ3v) is 2.22. The minimum absolute atomic E-state index is 0.173. The van der Waals surface area contributed by atoms with Crippen LogP contribution in [-0.2, 0) is 0 Å². The van der Waals surface area contributed by atoms with E-state index in [0.717, 1.165) is 11.4 Å². The van der Waals surface area contributed by atoms with Gasteiger partial charge in [-0.2, -0.15) is 0 Å². The van der Waals surface area contributed by atoms with Gasteiger partial charge >= 0.3 is 0 Å². The number of hydrogen-bond acceptors (Lipinski definition) is 1. The first kappa shape index (κ1) is 9.71. The quantitative estimate of drug-likeness (QED) is 0.777. The molecule has 0 aliphatic heterocycles. The summed E-state index contributed by atoms with van der Waals surface area (Å²) in [4.78, 5) is 0. The Morgan fingerprint density at radius 1 is 0.933 bits per heavy atom. The molecular weight excluding hydrogens is 189 g/mol. The Kier molecular flexibility index (Phi) is 2.68. The van der Waals surface area contributed by atoms with Crippen LogP contribution < -0.4 is 5.32 Å². The highest BCUT2D eigenvalue weighted by molar-refractivity contribution is 5.59. The zero-order valence-corrected chi connectivity index (χ0v) is 8.50. The average Bonchev–Trinajstić information content (AvgIpc) is 2.25. The molecule has 0 saturated carbocycles. The van der Waals surface area contributed by atoms with Gasteiger partial charge < -0.3 is 5.32 Å². The fraction of sp³-hybridized carbons (Fsp3) is 0.0769. The van der Waals surface area contributed by atoms with Crippen molar-refractivity contribution in [3.8, 4) is 0 Å². The summed E-state index contributed by atoms with van der Waals surface area (Å²) < 4.78 is 13.0. The summed E-state index contributed by atoms with van der Waals surface area (Å²) >= 11 is 0. The molecule has 0 unspecified atom stereocenters. The normalized spacial score (nSPS) is 10.0. The monoisotopic (exact) mass is 201 g/mol. The van der Waals surface area contributed by atoms with Crippen molar-refractivity contribution in [2.75, 3.05) is 5.32 Å². The Morgan fingerprint density at radius 3 is 2.33 bits per heavy atom. The molecule has 0 amide bonds. The van der Waals surface area contributed by atoms with Crippen LogP contribution in [0.3, 0.4) is 0 Å². The number of benzene rings is 2. The molecule has 0 radical (unpaired) electrons. The van der Waals surface area contributed by atoms with Crippen LogP contribution in [0, 0.1) is 12.7 Å². The average molecular weight is 201 g/mol. The summed E-state index contributed by atoms with van der Waals surface area (Å²) in [6.07, 6.45) is 0. The zero-order valence-electron chi connectivity index (χ0n) is 8.50. The predicted molar refractivity (Wildman–Crippen MR) is 60.9 cm³/mol. The van der Waals surface area contributed by atoms with E-state index in [0.29, 0.717) is 5.56 Å². The van der Waals surface area contributed by atoms with E-state index in [4.69, 9.17) is 0 Å². The van der Waals surface area contributed by atoms with E-state index in [1.807, 2.05) is 30.3 Å². The molecule has 0 aliphatic rings. The number of aryl methyl sites for hydroxylation is 1. The van der Waals surface area contributed by atoms with Gasteiger partial charge in [-0.25, -0.2) is 4.39 Å². The first-order valence-corrected chi connectivity index (χ1v) is 4.84. The largest absolute Gasteiger partial charge is 0.356 e.